The van der Waals surface area contributed by atoms with Gasteiger partial charge in [0.1, 0.15) is 0 Å². The van der Waals surface area contributed by atoms with Crippen LogP contribution in [0, 0.1) is 5.82 Å². The number of likely N-dealkylation sites (N-methyl/N-ethyl adjacent to an activating group) is 1. The molecule has 0 aliphatic carbocycles. The summed E-state index contributed by atoms with van der Waals surface area (Å²) < 4.78 is 19.4. The molecule has 18 heavy (non-hydrogen) atoms. The van der Waals surface area contributed by atoms with E-state index in [0.29, 0.717) is 13.2 Å². The summed E-state index contributed by atoms with van der Waals surface area (Å²) in [6, 6.07) is 0. The first kappa shape index (κ1) is 12.8. The van der Waals surface area contributed by atoms with Gasteiger partial charge in [0, 0.05) is 13.1 Å². The van der Waals surface area contributed by atoms with Crippen molar-refractivity contribution in [3.63, 3.8) is 0 Å². The quantitative estimate of drug-likeness (QED) is 0.690. The van der Waals surface area contributed by atoms with Crippen LogP contribution in [0.1, 0.15) is 0 Å². The molecule has 7 nitrogen and oxygen atoms in total. The van der Waals surface area contributed by atoms with E-state index in [2.05, 4.69) is 0 Å². The zero-order chi connectivity index (χ0) is 13.3. The van der Waals surface area contributed by atoms with E-state index in [1.165, 1.54) is 0 Å². The van der Waals surface area contributed by atoms with E-state index in [9.17, 15) is 19.1 Å². The minimum Gasteiger partial charge on any atom is -0.492 e. The molecule has 2 rings (SSSR count). The van der Waals surface area contributed by atoms with Gasteiger partial charge in [0.25, 0.3) is 5.56 Å². The predicted octanol–water partition coefficient (Wildman–Crippen LogP) is -1.29. The fraction of sp³-hybridized carbons (Fsp3) is 0.600. The van der Waals surface area contributed by atoms with Gasteiger partial charge in [-0.25, -0.2) is 4.79 Å². The van der Waals surface area contributed by atoms with Crippen molar-refractivity contribution in [3.05, 3.63) is 26.7 Å². The maximum Gasteiger partial charge on any atom is 0.331 e. The van der Waals surface area contributed by atoms with E-state index in [1.807, 2.05) is 11.9 Å². The summed E-state index contributed by atoms with van der Waals surface area (Å²) in [5.74, 6) is -2.32. The molecule has 1 atom stereocenters. The first-order chi connectivity index (χ1) is 8.49. The number of rotatable bonds is 2. The molecule has 0 bridgehead atoms. The Labute approximate surface area is 101 Å². The molecule has 1 aromatic rings. The molecule has 1 aliphatic rings. The lowest BCUT2D eigenvalue weighted by atomic mass is 10.3. The number of aromatic amines is 1. The van der Waals surface area contributed by atoms with Crippen molar-refractivity contribution in [2.45, 2.75) is 12.6 Å². The highest BCUT2D eigenvalue weighted by Crippen LogP contribution is 2.11. The van der Waals surface area contributed by atoms with E-state index in [1.54, 1.807) is 4.98 Å². The van der Waals surface area contributed by atoms with Gasteiger partial charge in [-0.1, -0.05) is 0 Å². The monoisotopic (exact) mass is 259 g/mol. The van der Waals surface area contributed by atoms with E-state index >= 15 is 0 Å². The van der Waals surface area contributed by atoms with Crippen molar-refractivity contribution in [2.75, 3.05) is 26.7 Å². The lowest BCUT2D eigenvalue weighted by Gasteiger charge is -2.30. The van der Waals surface area contributed by atoms with Gasteiger partial charge >= 0.3 is 5.69 Å². The van der Waals surface area contributed by atoms with Crippen LogP contribution in [0.15, 0.2) is 9.59 Å². The van der Waals surface area contributed by atoms with Crippen LogP contribution in [0.5, 0.6) is 5.88 Å². The normalized spacial score (nSPS) is 21.1. The third-order valence-electron chi connectivity index (χ3n) is 2.85. The number of nitrogens with one attached hydrogen (secondary N) is 1. The van der Waals surface area contributed by atoms with Crippen molar-refractivity contribution in [3.8, 4) is 5.88 Å². The summed E-state index contributed by atoms with van der Waals surface area (Å²) in [6.07, 6.45) is -0.336. The molecule has 1 unspecified atom stereocenters. The summed E-state index contributed by atoms with van der Waals surface area (Å²) in [5, 5.41) is 9.45. The maximum atomic E-state index is 13.2. The molecule has 0 saturated carbocycles. The molecule has 0 amide bonds. The number of aromatic nitrogens is 2. The Bertz CT molecular complexity index is 553. The average Bonchev–Trinajstić information content (AvgIpc) is 2.32. The number of nitrogens with zero attached hydrogens (tertiary/aromatic N) is 2. The Hall–Kier alpha value is -1.67. The SMILES string of the molecule is CN1CCOC(Cn2c(O)c(F)c(=O)[nH]c2=O)C1. The largest absolute Gasteiger partial charge is 0.492 e. The third-order valence-corrected chi connectivity index (χ3v) is 2.85. The van der Waals surface area contributed by atoms with Crippen LogP contribution in [0.25, 0.3) is 0 Å². The number of morpholine rings is 1. The molecular formula is C10H14FN3O4. The summed E-state index contributed by atoms with van der Waals surface area (Å²) in [6.45, 7) is 1.83. The van der Waals surface area contributed by atoms with E-state index in [-0.39, 0.29) is 12.6 Å². The van der Waals surface area contributed by atoms with Gasteiger partial charge < -0.3 is 14.7 Å². The second-order valence-corrected chi connectivity index (χ2v) is 4.26. The second-order valence-electron chi connectivity index (χ2n) is 4.26. The highest BCUT2D eigenvalue weighted by atomic mass is 19.1. The van der Waals surface area contributed by atoms with Crippen LogP contribution < -0.4 is 11.2 Å². The molecule has 0 aromatic carbocycles. The molecule has 0 spiro atoms. The number of hydrogen-bond acceptors (Lipinski definition) is 5. The van der Waals surface area contributed by atoms with Gasteiger partial charge in [0.15, 0.2) is 0 Å². The van der Waals surface area contributed by atoms with E-state index in [4.69, 9.17) is 4.74 Å². The van der Waals surface area contributed by atoms with Crippen molar-refractivity contribution >= 4 is 0 Å². The van der Waals surface area contributed by atoms with Crippen LogP contribution >= 0.6 is 0 Å². The average molecular weight is 259 g/mol. The van der Waals surface area contributed by atoms with E-state index in [0.717, 1.165) is 11.1 Å². The first-order valence-electron chi connectivity index (χ1n) is 5.50. The standard InChI is InChI=1S/C10H14FN3O4/c1-13-2-3-18-6(4-13)5-14-9(16)7(11)8(15)12-10(14)17/h6,16H,2-5H2,1H3,(H,12,15,17). The number of ether oxygens (including phenoxy) is 1. The van der Waals surface area contributed by atoms with Gasteiger partial charge in [-0.15, -0.1) is 0 Å². The Morgan fingerprint density at radius 3 is 2.94 bits per heavy atom. The van der Waals surface area contributed by atoms with Crippen molar-refractivity contribution in [1.82, 2.24) is 14.5 Å². The van der Waals surface area contributed by atoms with Crippen molar-refractivity contribution in [1.29, 1.82) is 0 Å². The molecule has 1 aromatic heterocycles. The Balaban J connectivity index is 2.26. The fourth-order valence-electron chi connectivity index (χ4n) is 1.89. The molecular weight excluding hydrogens is 245 g/mol. The van der Waals surface area contributed by atoms with Crippen LogP contribution in [0.4, 0.5) is 4.39 Å². The summed E-state index contributed by atoms with van der Waals surface area (Å²) in [5.41, 5.74) is -2.08. The van der Waals surface area contributed by atoms with Crippen LogP contribution in [0.3, 0.4) is 0 Å². The number of aromatic hydroxyl groups is 1. The highest BCUT2D eigenvalue weighted by molar-refractivity contribution is 5.09. The van der Waals surface area contributed by atoms with Gasteiger partial charge in [-0.3, -0.25) is 14.3 Å². The van der Waals surface area contributed by atoms with Crippen LogP contribution in [-0.2, 0) is 11.3 Å². The summed E-state index contributed by atoms with van der Waals surface area (Å²) >= 11 is 0. The molecule has 1 aliphatic heterocycles. The summed E-state index contributed by atoms with van der Waals surface area (Å²) in [7, 11) is 1.89. The summed E-state index contributed by atoms with van der Waals surface area (Å²) in [4.78, 5) is 26.2. The zero-order valence-corrected chi connectivity index (χ0v) is 9.85. The molecule has 8 heteroatoms. The Kier molecular flexibility index (Phi) is 3.48. The van der Waals surface area contributed by atoms with Gasteiger partial charge in [-0.05, 0) is 7.05 Å². The van der Waals surface area contributed by atoms with Crippen LogP contribution in [0.2, 0.25) is 0 Å². The lowest BCUT2D eigenvalue weighted by Crippen LogP contribution is -2.44. The predicted molar refractivity (Wildman–Crippen MR) is 60.2 cm³/mol. The highest BCUT2D eigenvalue weighted by Gasteiger charge is 2.21. The molecule has 2 N–H and O–H groups in total. The maximum absolute atomic E-state index is 13.2. The Morgan fingerprint density at radius 1 is 1.56 bits per heavy atom. The minimum absolute atomic E-state index is 0.0112. The molecule has 2 heterocycles. The lowest BCUT2D eigenvalue weighted by molar-refractivity contribution is -0.0291. The smallest absolute Gasteiger partial charge is 0.331 e. The number of hydrogen-bond donors (Lipinski definition) is 2. The minimum atomic E-state index is -1.36. The van der Waals surface area contributed by atoms with E-state index < -0.39 is 22.9 Å². The fourth-order valence-corrected chi connectivity index (χ4v) is 1.89. The number of H-pyrrole nitrogens is 1. The van der Waals surface area contributed by atoms with Crippen molar-refractivity contribution < 1.29 is 14.2 Å². The van der Waals surface area contributed by atoms with Gasteiger partial charge in [0.2, 0.25) is 11.7 Å². The Morgan fingerprint density at radius 2 is 2.28 bits per heavy atom. The van der Waals surface area contributed by atoms with Gasteiger partial charge in [0.05, 0.1) is 19.3 Å². The number of halogens is 1. The first-order valence-corrected chi connectivity index (χ1v) is 5.50. The molecule has 0 radical (unpaired) electrons. The molecule has 1 fully saturated rings. The second kappa shape index (κ2) is 4.91. The third kappa shape index (κ3) is 2.44. The van der Waals surface area contributed by atoms with Crippen molar-refractivity contribution in [2.24, 2.45) is 0 Å². The molecule has 100 valence electrons. The van der Waals surface area contributed by atoms with Gasteiger partial charge in [-0.2, -0.15) is 4.39 Å². The molecule has 1 saturated heterocycles. The zero-order valence-electron chi connectivity index (χ0n) is 9.85. The van der Waals surface area contributed by atoms with Crippen LogP contribution in [-0.4, -0.2) is 52.4 Å². The topological polar surface area (TPSA) is 87.6 Å².